The molecule has 0 bridgehead atoms. The third-order valence-corrected chi connectivity index (χ3v) is 3.75. The van der Waals surface area contributed by atoms with Gasteiger partial charge in [-0.3, -0.25) is 4.79 Å². The lowest BCUT2D eigenvalue weighted by molar-refractivity contribution is -0.688. The van der Waals surface area contributed by atoms with Gasteiger partial charge in [-0.05, 0) is 12.1 Å². The largest absolute Gasteiger partial charge is 0.481 e. The summed E-state index contributed by atoms with van der Waals surface area (Å²) in [6.45, 7) is 0.765. The van der Waals surface area contributed by atoms with Crippen molar-refractivity contribution in [1.82, 2.24) is 0 Å². The number of carboxylic acids is 1. The monoisotopic (exact) mass is 294 g/mol. The maximum atomic E-state index is 10.5. The van der Waals surface area contributed by atoms with Crippen molar-refractivity contribution in [2.24, 2.45) is 0 Å². The third-order valence-electron chi connectivity index (χ3n) is 2.50. The van der Waals surface area contributed by atoms with Crippen molar-refractivity contribution in [2.75, 3.05) is 5.75 Å². The molecule has 0 spiro atoms. The molecule has 1 N–H and O–H groups in total. The molecule has 0 amide bonds. The summed E-state index contributed by atoms with van der Waals surface area (Å²) in [5.41, 5.74) is 1.17. The van der Waals surface area contributed by atoms with Crippen molar-refractivity contribution in [3.8, 4) is 0 Å². The van der Waals surface area contributed by atoms with Crippen molar-refractivity contribution in [2.45, 2.75) is 11.4 Å². The number of hydrogen-bond donors (Lipinski definition) is 1. The molecule has 0 aliphatic heterocycles. The smallest absolute Gasteiger partial charge is 0.313 e. The molecule has 1 heterocycles. The number of aromatic nitrogens is 1. The lowest BCUT2D eigenvalue weighted by Crippen LogP contribution is -2.32. The van der Waals surface area contributed by atoms with Crippen LogP contribution in [-0.2, 0) is 11.3 Å². The maximum Gasteiger partial charge on any atom is 0.313 e. The minimum atomic E-state index is -0.803. The van der Waals surface area contributed by atoms with E-state index >= 15 is 0 Å². The molecule has 1 aromatic carbocycles. The molecule has 98 valence electrons. The zero-order valence-electron chi connectivity index (χ0n) is 10.1. The molecule has 19 heavy (non-hydrogen) atoms. The zero-order valence-corrected chi connectivity index (χ0v) is 11.7. The molecule has 0 saturated carbocycles. The van der Waals surface area contributed by atoms with E-state index in [4.69, 9.17) is 16.7 Å². The highest BCUT2D eigenvalue weighted by Gasteiger charge is 2.05. The van der Waals surface area contributed by atoms with Gasteiger partial charge in [0.05, 0.1) is 5.75 Å². The Kier molecular flexibility index (Phi) is 4.82. The van der Waals surface area contributed by atoms with Gasteiger partial charge >= 0.3 is 5.97 Å². The standard InChI is InChI=1S/C14H12ClNO2S/c15-12-3-1-11(2-4-12)9-16-7-5-13(6-8-16)19-10-14(17)18/h1-8H,9-10H2/p+1. The highest BCUT2D eigenvalue weighted by atomic mass is 35.5. The second-order valence-electron chi connectivity index (χ2n) is 4.02. The van der Waals surface area contributed by atoms with E-state index in [1.807, 2.05) is 53.4 Å². The van der Waals surface area contributed by atoms with Gasteiger partial charge in [0, 0.05) is 27.6 Å². The molecule has 0 aliphatic rings. The van der Waals surface area contributed by atoms with Crippen LogP contribution in [0.15, 0.2) is 53.7 Å². The van der Waals surface area contributed by atoms with Crippen molar-refractivity contribution in [3.63, 3.8) is 0 Å². The summed E-state index contributed by atoms with van der Waals surface area (Å²) in [4.78, 5) is 11.4. The fourth-order valence-corrected chi connectivity index (χ4v) is 2.32. The van der Waals surface area contributed by atoms with Crippen LogP contribution in [0.5, 0.6) is 0 Å². The van der Waals surface area contributed by atoms with Gasteiger partial charge < -0.3 is 5.11 Å². The Morgan fingerprint density at radius 1 is 1.16 bits per heavy atom. The summed E-state index contributed by atoms with van der Waals surface area (Å²) in [6, 6.07) is 11.6. The van der Waals surface area contributed by atoms with Crippen LogP contribution in [0.3, 0.4) is 0 Å². The van der Waals surface area contributed by atoms with Crippen LogP contribution < -0.4 is 4.57 Å². The number of halogens is 1. The Bertz CT molecular complexity index is 555. The van der Waals surface area contributed by atoms with Crippen molar-refractivity contribution < 1.29 is 14.5 Å². The first-order chi connectivity index (χ1) is 9.13. The van der Waals surface area contributed by atoms with Crippen molar-refractivity contribution in [1.29, 1.82) is 0 Å². The van der Waals surface area contributed by atoms with E-state index in [0.717, 1.165) is 16.5 Å². The molecule has 0 unspecified atom stereocenters. The summed E-state index contributed by atoms with van der Waals surface area (Å²) in [6.07, 6.45) is 3.89. The molecule has 0 fully saturated rings. The molecular weight excluding hydrogens is 282 g/mol. The van der Waals surface area contributed by atoms with E-state index in [9.17, 15) is 4.79 Å². The van der Waals surface area contributed by atoms with Crippen LogP contribution in [0, 0.1) is 0 Å². The fourth-order valence-electron chi connectivity index (χ4n) is 1.59. The molecule has 5 heteroatoms. The average Bonchev–Trinajstić information content (AvgIpc) is 2.40. The Balaban J connectivity index is 1.98. The molecule has 2 aromatic rings. The van der Waals surface area contributed by atoms with Crippen molar-refractivity contribution >= 4 is 29.3 Å². The van der Waals surface area contributed by atoms with E-state index in [1.165, 1.54) is 17.3 Å². The number of carboxylic acid groups (broad SMARTS) is 1. The van der Waals surface area contributed by atoms with Gasteiger partial charge in [0.15, 0.2) is 18.9 Å². The first kappa shape index (κ1) is 13.9. The summed E-state index contributed by atoms with van der Waals surface area (Å²) in [5, 5.41) is 9.34. The van der Waals surface area contributed by atoms with E-state index in [1.54, 1.807) is 0 Å². The Morgan fingerprint density at radius 2 is 1.79 bits per heavy atom. The number of thioether (sulfide) groups is 1. The van der Waals surface area contributed by atoms with Crippen molar-refractivity contribution in [3.05, 3.63) is 59.4 Å². The lowest BCUT2D eigenvalue weighted by atomic mass is 10.2. The van der Waals surface area contributed by atoms with E-state index in [0.29, 0.717) is 0 Å². The van der Waals surface area contributed by atoms with E-state index < -0.39 is 5.97 Å². The van der Waals surface area contributed by atoms with Crippen LogP contribution in [0.1, 0.15) is 5.56 Å². The fraction of sp³-hybridized carbons (Fsp3) is 0.143. The van der Waals surface area contributed by atoms with E-state index in [-0.39, 0.29) is 5.75 Å². The quantitative estimate of drug-likeness (QED) is 0.681. The van der Waals surface area contributed by atoms with Crippen LogP contribution in [0.2, 0.25) is 5.02 Å². The number of pyridine rings is 1. The molecule has 0 aliphatic carbocycles. The van der Waals surface area contributed by atoms with E-state index in [2.05, 4.69) is 0 Å². The SMILES string of the molecule is O=C(O)CSc1cc[n+](Cc2ccc(Cl)cc2)cc1. The summed E-state index contributed by atoms with van der Waals surface area (Å²) in [7, 11) is 0. The third kappa shape index (κ3) is 4.58. The van der Waals surface area contributed by atoms with Gasteiger partial charge in [0.2, 0.25) is 0 Å². The highest BCUT2D eigenvalue weighted by molar-refractivity contribution is 8.00. The molecule has 2 rings (SSSR count). The Hall–Kier alpha value is -1.52. The second-order valence-corrected chi connectivity index (χ2v) is 5.50. The Morgan fingerprint density at radius 3 is 2.37 bits per heavy atom. The van der Waals surface area contributed by atoms with Crippen LogP contribution in [0.4, 0.5) is 0 Å². The maximum absolute atomic E-state index is 10.5. The lowest BCUT2D eigenvalue weighted by Gasteiger charge is -2.00. The van der Waals surface area contributed by atoms with Gasteiger partial charge in [0.1, 0.15) is 0 Å². The number of nitrogens with zero attached hydrogens (tertiary/aromatic N) is 1. The number of rotatable bonds is 5. The van der Waals surface area contributed by atoms with Gasteiger partial charge in [-0.2, -0.15) is 0 Å². The van der Waals surface area contributed by atoms with Gasteiger partial charge in [0.25, 0.3) is 0 Å². The normalized spacial score (nSPS) is 10.4. The first-order valence-corrected chi connectivity index (χ1v) is 7.08. The van der Waals surface area contributed by atoms with Gasteiger partial charge in [-0.25, -0.2) is 4.57 Å². The molecular formula is C14H13ClNO2S+. The molecule has 0 saturated heterocycles. The predicted octanol–water partition coefficient (Wildman–Crippen LogP) is 2.85. The average molecular weight is 295 g/mol. The Labute approximate surface area is 120 Å². The minimum absolute atomic E-state index is 0.0845. The first-order valence-electron chi connectivity index (χ1n) is 5.71. The summed E-state index contributed by atoms with van der Waals surface area (Å²) >= 11 is 7.15. The van der Waals surface area contributed by atoms with Gasteiger partial charge in [-0.1, -0.05) is 23.7 Å². The number of benzene rings is 1. The minimum Gasteiger partial charge on any atom is -0.481 e. The summed E-state index contributed by atoms with van der Waals surface area (Å²) < 4.78 is 2.04. The van der Waals surface area contributed by atoms with Crippen LogP contribution in [-0.4, -0.2) is 16.8 Å². The van der Waals surface area contributed by atoms with Crippen LogP contribution >= 0.6 is 23.4 Å². The molecule has 0 atom stereocenters. The second kappa shape index (κ2) is 6.59. The number of aliphatic carboxylic acids is 1. The predicted molar refractivity (Wildman–Crippen MR) is 75.6 cm³/mol. The zero-order chi connectivity index (χ0) is 13.7. The van der Waals surface area contributed by atoms with Gasteiger partial charge in [-0.15, -0.1) is 11.8 Å². The molecule has 1 aromatic heterocycles. The molecule has 3 nitrogen and oxygen atoms in total. The van der Waals surface area contributed by atoms with Crippen LogP contribution in [0.25, 0.3) is 0 Å². The highest BCUT2D eigenvalue weighted by Crippen LogP contribution is 2.15. The number of carbonyl (C=O) groups is 1. The topological polar surface area (TPSA) is 41.2 Å². The number of hydrogen-bond acceptors (Lipinski definition) is 2. The summed E-state index contributed by atoms with van der Waals surface area (Å²) in [5.74, 6) is -0.718. The molecule has 0 radical (unpaired) electrons.